The molecule has 0 saturated carbocycles. The van der Waals surface area contributed by atoms with E-state index in [1.165, 1.54) is 0 Å². The molecule has 34 valence electrons. The van der Waals surface area contributed by atoms with E-state index in [-0.39, 0.29) is 11.5 Å². The van der Waals surface area contributed by atoms with E-state index < -0.39 is 0 Å². The molecule has 0 amide bonds. The molecule has 0 aliphatic carbocycles. The third-order valence-electron chi connectivity index (χ3n) is 0.312. The Labute approximate surface area is 49.0 Å². The van der Waals surface area contributed by atoms with Crippen LogP contribution in [0, 0.1) is 10.1 Å². The molecule has 2 radical (unpaired) electrons. The first kappa shape index (κ1) is 6.20. The van der Waals surface area contributed by atoms with Crippen molar-refractivity contribution in [2.45, 2.75) is 4.44 Å². The zero-order valence-electron chi connectivity index (χ0n) is 3.26. The second-order valence-electron chi connectivity index (χ2n) is 0.845. The summed E-state index contributed by atoms with van der Waals surface area (Å²) in [5, 5.41) is 9.43. The second kappa shape index (κ2) is 3.39. The van der Waals surface area contributed by atoms with Gasteiger partial charge in [0, 0.05) is 0 Å². The molecule has 0 aromatic heterocycles. The summed E-state index contributed by atoms with van der Waals surface area (Å²) < 4.78 is 0.762. The molecule has 0 fully saturated rings. The molecule has 0 saturated heterocycles. The van der Waals surface area contributed by atoms with Gasteiger partial charge in [-0.15, -0.1) is 0 Å². The Bertz CT molecular complexity index is 55.5. The molecule has 0 aliphatic rings. The average molecular weight is 194 g/mol. The Morgan fingerprint density at radius 2 is 2.33 bits per heavy atom. The molecule has 0 rings (SSSR count). The SMILES string of the molecule is O=[N+]([O-])C[CH2][SnH]. The summed E-state index contributed by atoms with van der Waals surface area (Å²) in [7, 11) is 0. The molecule has 0 aliphatic heterocycles. The van der Waals surface area contributed by atoms with Gasteiger partial charge in [-0.1, -0.05) is 0 Å². The zero-order chi connectivity index (χ0) is 4.99. The van der Waals surface area contributed by atoms with E-state index in [0.29, 0.717) is 0 Å². The summed E-state index contributed by atoms with van der Waals surface area (Å²) in [6.07, 6.45) is 0. The van der Waals surface area contributed by atoms with Crippen molar-refractivity contribution < 1.29 is 4.92 Å². The van der Waals surface area contributed by atoms with Crippen molar-refractivity contribution >= 4 is 22.5 Å². The predicted octanol–water partition coefficient (Wildman–Crippen LogP) is -0.418. The molecule has 6 heavy (non-hydrogen) atoms. The van der Waals surface area contributed by atoms with Crippen LogP contribution in [0.5, 0.6) is 0 Å². The Kier molecular flexibility index (Phi) is 3.50. The molecule has 0 aromatic rings. The van der Waals surface area contributed by atoms with E-state index in [0.717, 1.165) is 27.0 Å². The fourth-order valence-electron chi connectivity index (χ4n) is 0.105. The van der Waals surface area contributed by atoms with Crippen LogP contribution in [0.4, 0.5) is 0 Å². The van der Waals surface area contributed by atoms with Crippen LogP contribution in [-0.2, 0) is 0 Å². The number of hydrogen-bond donors (Lipinski definition) is 0. The number of hydrogen-bond acceptors (Lipinski definition) is 2. The van der Waals surface area contributed by atoms with Crippen molar-refractivity contribution in [1.29, 1.82) is 0 Å². The van der Waals surface area contributed by atoms with Crippen LogP contribution in [-0.4, -0.2) is 34.0 Å². The molecule has 0 heterocycles. The van der Waals surface area contributed by atoms with Crippen molar-refractivity contribution in [3.63, 3.8) is 0 Å². The molecule has 0 bridgehead atoms. The van der Waals surface area contributed by atoms with Crippen molar-refractivity contribution in [1.82, 2.24) is 0 Å². The third kappa shape index (κ3) is 4.20. The summed E-state index contributed by atoms with van der Waals surface area (Å²) in [5.74, 6) is 0. The fourth-order valence-corrected chi connectivity index (χ4v) is 0.707. The van der Waals surface area contributed by atoms with E-state index in [9.17, 15) is 10.1 Å². The molecule has 0 N–H and O–H groups in total. The predicted molar refractivity (Wildman–Crippen MR) is 23.8 cm³/mol. The van der Waals surface area contributed by atoms with Crippen molar-refractivity contribution in [2.75, 3.05) is 6.54 Å². The molecule has 0 atom stereocenters. The normalized spacial score (nSPS) is 8.17. The fraction of sp³-hybridized carbons (Fsp3) is 1.00. The molecule has 3 nitrogen and oxygen atoms in total. The second-order valence-corrected chi connectivity index (χ2v) is 2.49. The Morgan fingerprint density at radius 1 is 1.83 bits per heavy atom. The van der Waals surface area contributed by atoms with Gasteiger partial charge in [0.05, 0.1) is 0 Å². The van der Waals surface area contributed by atoms with Crippen LogP contribution >= 0.6 is 0 Å². The maximum absolute atomic E-state index is 9.43. The topological polar surface area (TPSA) is 43.1 Å². The quantitative estimate of drug-likeness (QED) is 0.340. The number of nitrogens with zero attached hydrogens (tertiary/aromatic N) is 1. The van der Waals surface area contributed by atoms with Gasteiger partial charge < -0.3 is 0 Å². The van der Waals surface area contributed by atoms with Gasteiger partial charge in [-0.05, 0) is 0 Å². The summed E-state index contributed by atoms with van der Waals surface area (Å²) in [4.78, 5) is 9.14. The molecule has 0 spiro atoms. The van der Waals surface area contributed by atoms with Crippen LogP contribution in [0.2, 0.25) is 4.44 Å². The van der Waals surface area contributed by atoms with Gasteiger partial charge in [0.25, 0.3) is 0 Å². The van der Waals surface area contributed by atoms with Crippen LogP contribution in [0.15, 0.2) is 0 Å². The molecule has 0 unspecified atom stereocenters. The maximum atomic E-state index is 9.43. The van der Waals surface area contributed by atoms with Gasteiger partial charge in [-0.25, -0.2) is 0 Å². The molecule has 4 heteroatoms. The van der Waals surface area contributed by atoms with Gasteiger partial charge in [-0.3, -0.25) is 0 Å². The van der Waals surface area contributed by atoms with E-state index in [1.807, 2.05) is 0 Å². The molecular weight excluding hydrogens is 189 g/mol. The summed E-state index contributed by atoms with van der Waals surface area (Å²) in [6, 6.07) is 0. The van der Waals surface area contributed by atoms with E-state index in [4.69, 9.17) is 0 Å². The number of nitro groups is 1. The first-order valence-electron chi connectivity index (χ1n) is 1.59. The Balaban J connectivity index is 2.83. The average Bonchev–Trinajstić information content (AvgIpc) is 1.35. The Hall–Kier alpha value is 0.199. The summed E-state index contributed by atoms with van der Waals surface area (Å²) >= 11 is 0.999. The van der Waals surface area contributed by atoms with Gasteiger partial charge in [0.15, 0.2) is 0 Å². The van der Waals surface area contributed by atoms with Gasteiger partial charge in [-0.2, -0.15) is 0 Å². The van der Waals surface area contributed by atoms with Gasteiger partial charge in [0.2, 0.25) is 0 Å². The van der Waals surface area contributed by atoms with Crippen LogP contribution in [0.1, 0.15) is 0 Å². The number of rotatable bonds is 2. The zero-order valence-corrected chi connectivity index (χ0v) is 6.55. The van der Waals surface area contributed by atoms with Crippen LogP contribution in [0.3, 0.4) is 0 Å². The minimum atomic E-state index is -0.287. The van der Waals surface area contributed by atoms with E-state index in [1.54, 1.807) is 0 Å². The van der Waals surface area contributed by atoms with Crippen molar-refractivity contribution in [2.24, 2.45) is 0 Å². The minimum absolute atomic E-state index is 0.155. The van der Waals surface area contributed by atoms with E-state index in [2.05, 4.69) is 0 Å². The van der Waals surface area contributed by atoms with Crippen molar-refractivity contribution in [3.05, 3.63) is 10.1 Å². The van der Waals surface area contributed by atoms with Crippen LogP contribution < -0.4 is 0 Å². The molecule has 0 aromatic carbocycles. The van der Waals surface area contributed by atoms with Crippen molar-refractivity contribution in [3.8, 4) is 0 Å². The first-order chi connectivity index (χ1) is 2.77. The third-order valence-corrected chi connectivity index (χ3v) is 1.05. The Morgan fingerprint density at radius 3 is 2.33 bits per heavy atom. The molecular formula is C2H5NO2Sn. The van der Waals surface area contributed by atoms with Crippen LogP contribution in [0.25, 0.3) is 0 Å². The summed E-state index contributed by atoms with van der Waals surface area (Å²) in [6.45, 7) is 0.155. The van der Waals surface area contributed by atoms with Gasteiger partial charge >= 0.3 is 48.5 Å². The van der Waals surface area contributed by atoms with E-state index >= 15 is 0 Å². The monoisotopic (exact) mass is 195 g/mol. The standard InChI is InChI=1S/C2H4NO2.Sn.H/c1-2-3(4)5;;/h1-2H2;;. The first-order valence-corrected chi connectivity index (χ1v) is 3.92. The van der Waals surface area contributed by atoms with Gasteiger partial charge in [0.1, 0.15) is 0 Å². The summed E-state index contributed by atoms with van der Waals surface area (Å²) in [5.41, 5.74) is 0.